The molecule has 0 atom stereocenters. The second kappa shape index (κ2) is 12.0. The highest BCUT2D eigenvalue weighted by atomic mass is 35.5. The number of nitrogens with one attached hydrogen (secondary N) is 4. The summed E-state index contributed by atoms with van der Waals surface area (Å²) in [7, 11) is 0. The first-order valence-electron chi connectivity index (χ1n) is 11.8. The predicted octanol–water partition coefficient (Wildman–Crippen LogP) is 4.05. The van der Waals surface area contributed by atoms with E-state index in [-0.39, 0.29) is 17.6 Å². The molecule has 0 spiro atoms. The van der Waals surface area contributed by atoms with Crippen LogP contribution in [0.1, 0.15) is 17.3 Å². The van der Waals surface area contributed by atoms with Crippen molar-refractivity contribution in [2.45, 2.75) is 6.92 Å². The van der Waals surface area contributed by atoms with Crippen molar-refractivity contribution in [1.82, 2.24) is 20.6 Å². The van der Waals surface area contributed by atoms with Crippen molar-refractivity contribution >= 4 is 45.8 Å². The summed E-state index contributed by atoms with van der Waals surface area (Å²) in [5.74, 6) is 1.59. The Labute approximate surface area is 219 Å². The van der Waals surface area contributed by atoms with Gasteiger partial charge in [-0.25, -0.2) is 9.97 Å². The molecule has 0 saturated heterocycles. The smallest absolute Gasteiger partial charge is 0.251 e. The average Bonchev–Trinajstić information content (AvgIpc) is 2.89. The second-order valence-electron chi connectivity index (χ2n) is 8.31. The summed E-state index contributed by atoms with van der Waals surface area (Å²) < 4.78 is 0. The van der Waals surface area contributed by atoms with Gasteiger partial charge in [-0.15, -0.1) is 0 Å². The van der Waals surface area contributed by atoms with E-state index in [9.17, 15) is 14.7 Å². The van der Waals surface area contributed by atoms with Gasteiger partial charge in [0.15, 0.2) is 5.82 Å². The van der Waals surface area contributed by atoms with Gasteiger partial charge in [0, 0.05) is 55.3 Å². The van der Waals surface area contributed by atoms with E-state index in [0.29, 0.717) is 54.2 Å². The third-order valence-electron chi connectivity index (χ3n) is 5.44. The van der Waals surface area contributed by atoms with Crippen LogP contribution in [0.3, 0.4) is 0 Å². The highest BCUT2D eigenvalue weighted by molar-refractivity contribution is 6.30. The number of halogens is 1. The first kappa shape index (κ1) is 25.7. The molecule has 10 heteroatoms. The van der Waals surface area contributed by atoms with Crippen LogP contribution in [0.5, 0.6) is 5.75 Å². The number of benzene rings is 3. The minimum absolute atomic E-state index is 0.0984. The van der Waals surface area contributed by atoms with E-state index < -0.39 is 0 Å². The van der Waals surface area contributed by atoms with E-state index in [1.807, 2.05) is 18.2 Å². The van der Waals surface area contributed by atoms with Crippen molar-refractivity contribution < 1.29 is 14.7 Å². The maximum atomic E-state index is 12.6. The van der Waals surface area contributed by atoms with Crippen LogP contribution in [-0.2, 0) is 4.79 Å². The summed E-state index contributed by atoms with van der Waals surface area (Å²) >= 11 is 6.02. The summed E-state index contributed by atoms with van der Waals surface area (Å²) in [4.78, 5) is 32.9. The van der Waals surface area contributed by atoms with Crippen molar-refractivity contribution in [3.05, 3.63) is 77.3 Å². The molecule has 37 heavy (non-hydrogen) atoms. The summed E-state index contributed by atoms with van der Waals surface area (Å²) in [6, 6.07) is 19.4. The Morgan fingerprint density at radius 3 is 2.08 bits per heavy atom. The Balaban J connectivity index is 1.38. The molecule has 0 fully saturated rings. The fourth-order valence-corrected chi connectivity index (χ4v) is 3.75. The molecule has 0 bridgehead atoms. The highest BCUT2D eigenvalue weighted by Gasteiger charge is 2.09. The van der Waals surface area contributed by atoms with E-state index in [0.717, 1.165) is 16.3 Å². The summed E-state index contributed by atoms with van der Waals surface area (Å²) in [5, 5.41) is 24.0. The van der Waals surface area contributed by atoms with Crippen LogP contribution in [0, 0.1) is 0 Å². The number of hydrogen-bond acceptors (Lipinski definition) is 7. The van der Waals surface area contributed by atoms with Crippen LogP contribution in [-0.4, -0.2) is 53.1 Å². The number of aromatic hydroxyl groups is 1. The number of anilines is 2. The molecular weight excluding hydrogens is 492 g/mol. The van der Waals surface area contributed by atoms with Gasteiger partial charge in [-0.2, -0.15) is 0 Å². The molecule has 0 aliphatic rings. The Morgan fingerprint density at radius 1 is 0.784 bits per heavy atom. The van der Waals surface area contributed by atoms with Crippen LogP contribution < -0.4 is 21.3 Å². The van der Waals surface area contributed by atoms with Gasteiger partial charge in [-0.1, -0.05) is 23.7 Å². The molecule has 0 aliphatic carbocycles. The number of fused-ring (bicyclic) bond motifs is 1. The minimum Gasteiger partial charge on any atom is -0.508 e. The zero-order chi connectivity index (χ0) is 26.2. The van der Waals surface area contributed by atoms with Gasteiger partial charge >= 0.3 is 0 Å². The lowest BCUT2D eigenvalue weighted by Gasteiger charge is -2.12. The van der Waals surface area contributed by atoms with Gasteiger partial charge in [-0.3, -0.25) is 9.59 Å². The number of hydrogen-bond donors (Lipinski definition) is 5. The summed E-state index contributed by atoms with van der Waals surface area (Å²) in [6.07, 6.45) is 0. The lowest BCUT2D eigenvalue weighted by molar-refractivity contribution is -0.118. The fourth-order valence-electron chi connectivity index (χ4n) is 3.63. The third-order valence-corrected chi connectivity index (χ3v) is 5.69. The molecule has 9 nitrogen and oxygen atoms in total. The number of rotatable bonds is 10. The van der Waals surface area contributed by atoms with E-state index in [2.05, 4.69) is 31.2 Å². The number of carbonyl (C=O) groups is 2. The van der Waals surface area contributed by atoms with Crippen LogP contribution in [0.4, 0.5) is 11.6 Å². The molecule has 5 N–H and O–H groups in total. The Kier molecular flexibility index (Phi) is 8.37. The lowest BCUT2D eigenvalue weighted by Crippen LogP contribution is -2.29. The van der Waals surface area contributed by atoms with Crippen LogP contribution in [0.2, 0.25) is 5.02 Å². The van der Waals surface area contributed by atoms with Crippen LogP contribution in [0.25, 0.3) is 22.2 Å². The van der Waals surface area contributed by atoms with Crippen LogP contribution >= 0.6 is 11.6 Å². The van der Waals surface area contributed by atoms with Gasteiger partial charge in [0.25, 0.3) is 5.91 Å². The van der Waals surface area contributed by atoms with Gasteiger partial charge in [0.2, 0.25) is 5.91 Å². The molecule has 0 saturated carbocycles. The van der Waals surface area contributed by atoms with Crippen molar-refractivity contribution in [2.75, 3.05) is 36.8 Å². The van der Waals surface area contributed by atoms with E-state index >= 15 is 0 Å². The van der Waals surface area contributed by atoms with E-state index in [1.54, 1.807) is 48.5 Å². The fraction of sp³-hybridized carbons (Fsp3) is 0.185. The van der Waals surface area contributed by atoms with Gasteiger partial charge in [0.05, 0.1) is 0 Å². The van der Waals surface area contributed by atoms with E-state index in [4.69, 9.17) is 11.6 Å². The molecule has 3 aromatic carbocycles. The predicted molar refractivity (Wildman–Crippen MR) is 146 cm³/mol. The SMILES string of the molecule is CC(=O)NCCNc1cc(NCCNC(=O)c2ccc3cc(O)ccc3c2)nc(-c2ccc(Cl)cc2)n1. The normalized spacial score (nSPS) is 10.6. The molecule has 1 heterocycles. The molecule has 0 radical (unpaired) electrons. The maximum absolute atomic E-state index is 12.6. The maximum Gasteiger partial charge on any atom is 0.251 e. The van der Waals surface area contributed by atoms with Crippen LogP contribution in [0.15, 0.2) is 66.7 Å². The zero-order valence-corrected chi connectivity index (χ0v) is 21.0. The second-order valence-corrected chi connectivity index (χ2v) is 8.74. The number of aromatic nitrogens is 2. The van der Waals surface area contributed by atoms with Gasteiger partial charge in [-0.05, 0) is 59.3 Å². The van der Waals surface area contributed by atoms with Crippen molar-refractivity contribution in [3.8, 4) is 17.1 Å². The molecule has 0 unspecified atom stereocenters. The number of phenols is 1. The number of phenolic OH excluding ortho intramolecular Hbond substituents is 1. The molecule has 2 amide bonds. The van der Waals surface area contributed by atoms with Crippen molar-refractivity contribution in [2.24, 2.45) is 0 Å². The Morgan fingerprint density at radius 2 is 1.41 bits per heavy atom. The number of amides is 2. The Bertz CT molecular complexity index is 1410. The summed E-state index contributed by atoms with van der Waals surface area (Å²) in [5.41, 5.74) is 1.34. The zero-order valence-electron chi connectivity index (χ0n) is 20.2. The molecule has 0 aliphatic heterocycles. The van der Waals surface area contributed by atoms with E-state index in [1.165, 1.54) is 6.92 Å². The monoisotopic (exact) mass is 518 g/mol. The Hall–Kier alpha value is -4.37. The first-order valence-corrected chi connectivity index (χ1v) is 12.1. The average molecular weight is 519 g/mol. The summed E-state index contributed by atoms with van der Waals surface area (Å²) in [6.45, 7) is 3.24. The molecular formula is C27H27ClN6O3. The minimum atomic E-state index is -0.193. The quantitative estimate of drug-likeness (QED) is 0.200. The van der Waals surface area contributed by atoms with Gasteiger partial charge < -0.3 is 26.4 Å². The topological polar surface area (TPSA) is 128 Å². The highest BCUT2D eigenvalue weighted by Crippen LogP contribution is 2.23. The standard InChI is InChI=1S/C27H27ClN6O3/c1-17(35)29-10-11-30-24-16-25(34-26(33-24)18-4-7-22(28)8-5-18)31-12-13-32-27(37)21-3-2-20-15-23(36)9-6-19(20)14-21/h2-9,14-16,36H,10-13H2,1H3,(H,29,35)(H,32,37)(H2,30,31,33,34). The molecule has 4 rings (SSSR count). The number of carbonyl (C=O) groups excluding carboxylic acids is 2. The molecule has 4 aromatic rings. The van der Waals surface area contributed by atoms with Gasteiger partial charge in [0.1, 0.15) is 17.4 Å². The van der Waals surface area contributed by atoms with Crippen molar-refractivity contribution in [3.63, 3.8) is 0 Å². The molecule has 1 aromatic heterocycles. The lowest BCUT2D eigenvalue weighted by atomic mass is 10.1. The largest absolute Gasteiger partial charge is 0.508 e. The molecule has 190 valence electrons. The first-order chi connectivity index (χ1) is 17.9. The van der Waals surface area contributed by atoms with Crippen molar-refractivity contribution in [1.29, 1.82) is 0 Å². The third kappa shape index (κ3) is 7.31. The number of nitrogens with zero attached hydrogens (tertiary/aromatic N) is 2.